The van der Waals surface area contributed by atoms with Crippen molar-refractivity contribution in [1.82, 2.24) is 0 Å². The van der Waals surface area contributed by atoms with E-state index in [0.717, 1.165) is 13.1 Å². The van der Waals surface area contributed by atoms with Gasteiger partial charge in [0.25, 0.3) is 0 Å². The molecule has 0 aromatic carbocycles. The van der Waals surface area contributed by atoms with Gasteiger partial charge in [0.2, 0.25) is 0 Å². The van der Waals surface area contributed by atoms with Crippen LogP contribution in [0, 0.1) is 6.92 Å². The van der Waals surface area contributed by atoms with E-state index in [1.807, 2.05) is 20.8 Å². The molecule has 0 aromatic rings. The third-order valence-electron chi connectivity index (χ3n) is 2.26. The van der Waals surface area contributed by atoms with E-state index in [1.165, 1.54) is 13.1 Å². The Morgan fingerprint density at radius 1 is 1.08 bits per heavy atom. The molecule has 0 spiro atoms. The van der Waals surface area contributed by atoms with Crippen molar-refractivity contribution in [3.63, 3.8) is 0 Å². The van der Waals surface area contributed by atoms with Gasteiger partial charge in [-0.15, -0.1) is 0 Å². The number of hydrogen-bond donors (Lipinski definition) is 1. The Hall–Kier alpha value is 1.83. The predicted octanol–water partition coefficient (Wildman–Crippen LogP) is 4.23. The van der Waals surface area contributed by atoms with Crippen molar-refractivity contribution in [2.45, 2.75) is 65.8 Å². The van der Waals surface area contributed by atoms with Gasteiger partial charge in [-0.25, -0.2) is 0 Å². The standard InChI is InChI=1S/C12H27O7P2.C3H8.Ba.H/c1-7-12(18-10(2)3)9-17-21(6,15)19-11(4)8-16-20(5,13)14;1-3-2;;/h10-12H,4,7-9H2,1-3,5-6H3,(H,13,14);3H2,1-2H3;;/q-1;;+2;-1. The van der Waals surface area contributed by atoms with Crippen molar-refractivity contribution in [1.29, 1.82) is 0 Å². The van der Waals surface area contributed by atoms with Crippen LogP contribution in [0.1, 0.15) is 48.9 Å². The van der Waals surface area contributed by atoms with E-state index in [0.29, 0.717) is 0 Å². The summed E-state index contributed by atoms with van der Waals surface area (Å²) in [6.07, 6.45) is 0.980. The van der Waals surface area contributed by atoms with Crippen LogP contribution in [0.3, 0.4) is 0 Å². The van der Waals surface area contributed by atoms with Gasteiger partial charge < -0.3 is 31.6 Å². The van der Waals surface area contributed by atoms with Gasteiger partial charge in [0.15, 0.2) is 0 Å². The number of rotatable bonds is 11. The van der Waals surface area contributed by atoms with Crippen LogP contribution in [0.25, 0.3) is 0 Å². The van der Waals surface area contributed by atoms with E-state index < -0.39 is 21.3 Å². The molecule has 10 heteroatoms. The molecule has 0 aliphatic heterocycles. The van der Waals surface area contributed by atoms with Crippen LogP contribution in [0.4, 0.5) is 0 Å². The zero-order valence-corrected chi connectivity index (χ0v) is 23.0. The van der Waals surface area contributed by atoms with Crippen molar-refractivity contribution >= 4 is 64.1 Å². The number of ether oxygens (including phenoxy) is 1. The summed E-state index contributed by atoms with van der Waals surface area (Å²) < 4.78 is 43.8. The van der Waals surface area contributed by atoms with E-state index in [2.05, 4.69) is 25.3 Å². The molecule has 0 fully saturated rings. The summed E-state index contributed by atoms with van der Waals surface area (Å²) in [5.41, 5.74) is 0. The second kappa shape index (κ2) is 16.8. The molecule has 0 bridgehead atoms. The molecule has 0 aromatic heterocycles. The predicted molar refractivity (Wildman–Crippen MR) is 105 cm³/mol. The largest absolute Gasteiger partial charge is 2.00 e. The molecule has 7 nitrogen and oxygen atoms in total. The first-order valence-electron chi connectivity index (χ1n) is 8.20. The third-order valence-corrected chi connectivity index (χ3v) is 4.18. The van der Waals surface area contributed by atoms with Crippen molar-refractivity contribution in [2.75, 3.05) is 26.5 Å². The third kappa shape index (κ3) is 23.8. The van der Waals surface area contributed by atoms with Crippen molar-refractivity contribution in [3.8, 4) is 0 Å². The fourth-order valence-electron chi connectivity index (χ4n) is 1.41. The summed E-state index contributed by atoms with van der Waals surface area (Å²) >= 11 is 0. The summed E-state index contributed by atoms with van der Waals surface area (Å²) in [5.74, 6) is 0. The van der Waals surface area contributed by atoms with E-state index in [-0.39, 0.29) is 75.7 Å². The molecule has 0 aliphatic rings. The summed E-state index contributed by atoms with van der Waals surface area (Å²) in [4.78, 5) is 8.99. The molecule has 0 radical (unpaired) electrons. The van der Waals surface area contributed by atoms with Crippen LogP contribution < -0.4 is 0 Å². The molecular formula is C15H36BaO7P2. The Labute approximate surface area is 195 Å². The molecule has 0 rings (SSSR count). The first-order chi connectivity index (χ1) is 10.9. The molecule has 25 heavy (non-hydrogen) atoms. The van der Waals surface area contributed by atoms with Crippen LogP contribution in [-0.4, -0.2) is 98.6 Å². The maximum absolute atomic E-state index is 12.1. The Morgan fingerprint density at radius 3 is 1.92 bits per heavy atom. The van der Waals surface area contributed by atoms with E-state index in [4.69, 9.17) is 18.7 Å². The first-order valence-corrected chi connectivity index (χ1v) is 12.2. The van der Waals surface area contributed by atoms with Crippen LogP contribution in [0.5, 0.6) is 0 Å². The van der Waals surface area contributed by atoms with Crippen LogP contribution in [-0.2, 0) is 27.4 Å². The van der Waals surface area contributed by atoms with Gasteiger partial charge in [-0.05, 0) is 26.4 Å². The quantitative estimate of drug-likeness (QED) is 0.244. The van der Waals surface area contributed by atoms with E-state index >= 15 is 0 Å². The normalized spacial score (nSPS) is 18.2. The fourth-order valence-corrected chi connectivity index (χ4v) is 2.95. The van der Waals surface area contributed by atoms with Gasteiger partial charge in [-0.1, -0.05) is 27.2 Å². The average molecular weight is 528 g/mol. The molecule has 0 saturated heterocycles. The van der Waals surface area contributed by atoms with E-state index in [9.17, 15) is 9.13 Å². The molecule has 4 atom stereocenters. The monoisotopic (exact) mass is 528 g/mol. The van der Waals surface area contributed by atoms with Gasteiger partial charge in [0.05, 0.1) is 25.4 Å². The fraction of sp³-hybridized carbons (Fsp3) is 0.933. The van der Waals surface area contributed by atoms with Crippen LogP contribution in [0.15, 0.2) is 0 Å². The minimum atomic E-state index is -3.61. The second-order valence-corrected chi connectivity index (χ2v) is 9.69. The molecule has 1 N–H and O–H groups in total. The van der Waals surface area contributed by atoms with Crippen molar-refractivity contribution in [3.05, 3.63) is 6.92 Å². The summed E-state index contributed by atoms with van der Waals surface area (Å²) in [6.45, 7) is 15.8. The van der Waals surface area contributed by atoms with Gasteiger partial charge in [0, 0.05) is 13.3 Å². The molecule has 4 unspecified atom stereocenters. The molecule has 0 aliphatic carbocycles. The van der Waals surface area contributed by atoms with Gasteiger partial charge in [-0.2, -0.15) is 0 Å². The number of hydrogen-bond acceptors (Lipinski definition) is 6. The minimum Gasteiger partial charge on any atom is -1.00 e. The molecule has 0 saturated carbocycles. The van der Waals surface area contributed by atoms with E-state index in [1.54, 1.807) is 0 Å². The van der Waals surface area contributed by atoms with Gasteiger partial charge in [0.1, 0.15) is 0 Å². The second-order valence-electron chi connectivity index (χ2n) is 5.82. The van der Waals surface area contributed by atoms with Crippen molar-refractivity contribution in [2.24, 2.45) is 0 Å². The summed E-state index contributed by atoms with van der Waals surface area (Å²) in [6, 6.07) is 0. The summed E-state index contributed by atoms with van der Waals surface area (Å²) in [5, 5.41) is 0. The van der Waals surface area contributed by atoms with Gasteiger partial charge in [-0.3, -0.25) is 9.13 Å². The maximum Gasteiger partial charge on any atom is 2.00 e. The SMILES string of the molecule is CCC.[Ba+2].[CH2-]C(COP(C)(=O)O)OP(C)(=O)OCC(CC)OC(C)C.[H-]. The zero-order chi connectivity index (χ0) is 19.4. The van der Waals surface area contributed by atoms with Crippen LogP contribution >= 0.6 is 15.2 Å². The topological polar surface area (TPSA) is 91.3 Å². The smallest absolute Gasteiger partial charge is 1.00 e. The molecule has 0 heterocycles. The minimum absolute atomic E-state index is 0. The van der Waals surface area contributed by atoms with Gasteiger partial charge >= 0.3 is 64.1 Å². The average Bonchev–Trinajstić information content (AvgIpc) is 2.40. The Bertz CT molecular complexity index is 407. The maximum atomic E-state index is 12.1. The van der Waals surface area contributed by atoms with Crippen molar-refractivity contribution < 1.29 is 33.8 Å². The van der Waals surface area contributed by atoms with Crippen LogP contribution in [0.2, 0.25) is 0 Å². The Balaban J connectivity index is -0.000000450. The Kier molecular flexibility index (Phi) is 21.1. The molecule has 150 valence electrons. The summed E-state index contributed by atoms with van der Waals surface area (Å²) in [7, 11) is -6.94. The first kappa shape index (κ1) is 31.5. The Morgan fingerprint density at radius 2 is 1.56 bits per heavy atom. The molecule has 0 amide bonds. The zero-order valence-electron chi connectivity index (χ0n) is 17.8. The molecular weight excluding hydrogens is 491 g/mol.